The molecule has 0 N–H and O–H groups in total. The van der Waals surface area contributed by atoms with E-state index in [4.69, 9.17) is 9.47 Å². The van der Waals surface area contributed by atoms with E-state index in [1.54, 1.807) is 0 Å². The van der Waals surface area contributed by atoms with Crippen LogP contribution in [0.3, 0.4) is 0 Å². The molecule has 260 valence electrons. The summed E-state index contributed by atoms with van der Waals surface area (Å²) >= 11 is 0. The van der Waals surface area contributed by atoms with Gasteiger partial charge in [0.1, 0.15) is 0 Å². The van der Waals surface area contributed by atoms with Crippen LogP contribution in [0.25, 0.3) is 0 Å². The van der Waals surface area contributed by atoms with Crippen LogP contribution in [0.1, 0.15) is 181 Å². The standard InChI is InChI=1S/C39H82N2O2/c1-7-9-11-13-14-15-16-17-18-20-25-29-37-43-38-39(31-33-40(3)4,32-34-41(5)6)30-26-22-19-21-24-28-36-42-35-27-23-12-10-8-2/h7-38H2,1-6H3. The second-order valence-electron chi connectivity index (χ2n) is 14.4. The average molecular weight is 611 g/mol. The molecule has 0 atom stereocenters. The molecule has 0 aliphatic carbocycles. The van der Waals surface area contributed by atoms with E-state index in [0.717, 1.165) is 39.5 Å². The van der Waals surface area contributed by atoms with E-state index in [1.165, 1.54) is 167 Å². The van der Waals surface area contributed by atoms with Gasteiger partial charge in [0, 0.05) is 19.8 Å². The Morgan fingerprint density at radius 1 is 0.372 bits per heavy atom. The minimum Gasteiger partial charge on any atom is -0.381 e. The molecule has 0 heterocycles. The van der Waals surface area contributed by atoms with Gasteiger partial charge in [-0.1, -0.05) is 142 Å². The Balaban J connectivity index is 4.21. The Morgan fingerprint density at radius 3 is 1.07 bits per heavy atom. The van der Waals surface area contributed by atoms with Gasteiger partial charge in [0.2, 0.25) is 0 Å². The Hall–Kier alpha value is -0.160. The molecular formula is C39H82N2O2. The molecule has 0 fully saturated rings. The van der Waals surface area contributed by atoms with Crippen molar-refractivity contribution in [3.63, 3.8) is 0 Å². The van der Waals surface area contributed by atoms with Crippen LogP contribution in [0, 0.1) is 5.41 Å². The van der Waals surface area contributed by atoms with Gasteiger partial charge in [0.25, 0.3) is 0 Å². The summed E-state index contributed by atoms with van der Waals surface area (Å²) < 4.78 is 12.3. The molecule has 0 aromatic rings. The molecule has 0 bridgehead atoms. The Labute approximate surface area is 272 Å². The summed E-state index contributed by atoms with van der Waals surface area (Å²) in [6.07, 6.45) is 35.3. The maximum Gasteiger partial charge on any atom is 0.0523 e. The second kappa shape index (κ2) is 33.2. The lowest BCUT2D eigenvalue weighted by Crippen LogP contribution is -2.34. The van der Waals surface area contributed by atoms with Gasteiger partial charge in [0.15, 0.2) is 0 Å². The van der Waals surface area contributed by atoms with Gasteiger partial charge in [-0.25, -0.2) is 0 Å². The number of rotatable bonds is 36. The Kier molecular flexibility index (Phi) is 33.1. The fourth-order valence-electron chi connectivity index (χ4n) is 6.17. The number of ether oxygens (including phenoxy) is 2. The summed E-state index contributed by atoms with van der Waals surface area (Å²) in [5.74, 6) is 0. The highest BCUT2D eigenvalue weighted by atomic mass is 16.5. The third-order valence-corrected chi connectivity index (χ3v) is 9.37. The van der Waals surface area contributed by atoms with E-state index in [0.29, 0.717) is 5.41 Å². The molecule has 43 heavy (non-hydrogen) atoms. The van der Waals surface area contributed by atoms with E-state index in [2.05, 4.69) is 51.8 Å². The SMILES string of the molecule is CCCCCCCCCCCCCCOCC(CCCCCCCCOCCCCCCC)(CCN(C)C)CCN(C)C. The van der Waals surface area contributed by atoms with Gasteiger partial charge in [-0.2, -0.15) is 0 Å². The van der Waals surface area contributed by atoms with Gasteiger partial charge < -0.3 is 19.3 Å². The highest BCUT2D eigenvalue weighted by Crippen LogP contribution is 2.34. The van der Waals surface area contributed by atoms with Crippen LogP contribution in [0.15, 0.2) is 0 Å². The second-order valence-corrected chi connectivity index (χ2v) is 14.4. The first kappa shape index (κ1) is 42.8. The van der Waals surface area contributed by atoms with Crippen molar-refractivity contribution in [3.05, 3.63) is 0 Å². The molecule has 0 saturated heterocycles. The molecule has 0 radical (unpaired) electrons. The van der Waals surface area contributed by atoms with Crippen LogP contribution in [-0.4, -0.2) is 77.5 Å². The fraction of sp³-hybridized carbons (Fsp3) is 1.00. The van der Waals surface area contributed by atoms with Crippen molar-refractivity contribution in [2.24, 2.45) is 5.41 Å². The Bertz CT molecular complexity index is 479. The predicted molar refractivity (Wildman–Crippen MR) is 193 cm³/mol. The predicted octanol–water partition coefficient (Wildman–Crippen LogP) is 11.3. The van der Waals surface area contributed by atoms with Crippen molar-refractivity contribution in [2.45, 2.75) is 181 Å². The summed E-state index contributed by atoms with van der Waals surface area (Å²) in [7, 11) is 8.89. The zero-order valence-corrected chi connectivity index (χ0v) is 30.8. The number of unbranched alkanes of at least 4 members (excludes halogenated alkanes) is 20. The minimum absolute atomic E-state index is 0.316. The van der Waals surface area contributed by atoms with Crippen molar-refractivity contribution in [3.8, 4) is 0 Å². The number of hydrogen-bond acceptors (Lipinski definition) is 4. The monoisotopic (exact) mass is 611 g/mol. The van der Waals surface area contributed by atoms with Crippen LogP contribution >= 0.6 is 0 Å². The molecule has 0 aromatic carbocycles. The van der Waals surface area contributed by atoms with E-state index in [-0.39, 0.29) is 0 Å². The summed E-state index contributed by atoms with van der Waals surface area (Å²) in [6.45, 7) is 10.7. The maximum absolute atomic E-state index is 6.47. The van der Waals surface area contributed by atoms with Gasteiger partial charge in [-0.05, 0) is 85.2 Å². The average Bonchev–Trinajstić information content (AvgIpc) is 2.99. The molecule has 0 amide bonds. The normalized spacial score (nSPS) is 12.3. The molecule has 0 spiro atoms. The minimum atomic E-state index is 0.316. The molecule has 0 aromatic heterocycles. The molecule has 0 aliphatic heterocycles. The molecule has 0 aliphatic rings. The molecule has 4 nitrogen and oxygen atoms in total. The molecular weight excluding hydrogens is 528 g/mol. The van der Waals surface area contributed by atoms with Crippen molar-refractivity contribution in [1.29, 1.82) is 0 Å². The largest absolute Gasteiger partial charge is 0.381 e. The van der Waals surface area contributed by atoms with Crippen LogP contribution in [0.2, 0.25) is 0 Å². The van der Waals surface area contributed by atoms with Crippen molar-refractivity contribution >= 4 is 0 Å². The zero-order valence-electron chi connectivity index (χ0n) is 30.8. The Morgan fingerprint density at radius 2 is 0.698 bits per heavy atom. The number of nitrogens with zero attached hydrogens (tertiary/aromatic N) is 2. The summed E-state index contributed by atoms with van der Waals surface area (Å²) in [4.78, 5) is 4.73. The van der Waals surface area contributed by atoms with Gasteiger partial charge in [0.05, 0.1) is 6.61 Å². The third-order valence-electron chi connectivity index (χ3n) is 9.37. The molecule has 0 saturated carbocycles. The molecule has 0 rings (SSSR count). The molecule has 0 unspecified atom stereocenters. The summed E-state index contributed by atoms with van der Waals surface area (Å²) in [5, 5.41) is 0. The van der Waals surface area contributed by atoms with Crippen LogP contribution < -0.4 is 0 Å². The highest BCUT2D eigenvalue weighted by Gasteiger charge is 2.30. The number of hydrogen-bond donors (Lipinski definition) is 0. The van der Waals surface area contributed by atoms with E-state index in [9.17, 15) is 0 Å². The van der Waals surface area contributed by atoms with Crippen molar-refractivity contribution in [1.82, 2.24) is 9.80 Å². The van der Waals surface area contributed by atoms with Gasteiger partial charge in [-0.15, -0.1) is 0 Å². The summed E-state index contributed by atoms with van der Waals surface area (Å²) in [6, 6.07) is 0. The van der Waals surface area contributed by atoms with Gasteiger partial charge in [-0.3, -0.25) is 0 Å². The fourth-order valence-corrected chi connectivity index (χ4v) is 6.17. The first-order valence-electron chi connectivity index (χ1n) is 19.4. The lowest BCUT2D eigenvalue weighted by molar-refractivity contribution is 0.0158. The van der Waals surface area contributed by atoms with Crippen molar-refractivity contribution < 1.29 is 9.47 Å². The highest BCUT2D eigenvalue weighted by molar-refractivity contribution is 4.81. The zero-order chi connectivity index (χ0) is 31.7. The van der Waals surface area contributed by atoms with Crippen molar-refractivity contribution in [2.75, 3.05) is 67.7 Å². The van der Waals surface area contributed by atoms with E-state index >= 15 is 0 Å². The van der Waals surface area contributed by atoms with E-state index in [1.807, 2.05) is 0 Å². The topological polar surface area (TPSA) is 24.9 Å². The third kappa shape index (κ3) is 31.6. The maximum atomic E-state index is 6.47. The van der Waals surface area contributed by atoms with Crippen LogP contribution in [0.4, 0.5) is 0 Å². The smallest absolute Gasteiger partial charge is 0.0523 e. The van der Waals surface area contributed by atoms with Crippen LogP contribution in [0.5, 0.6) is 0 Å². The lowest BCUT2D eigenvalue weighted by Gasteiger charge is -2.36. The first-order valence-corrected chi connectivity index (χ1v) is 19.4. The quantitative estimate of drug-likeness (QED) is 0.0659. The first-order chi connectivity index (χ1) is 21.0. The molecule has 4 heteroatoms. The van der Waals surface area contributed by atoms with Crippen LogP contribution in [-0.2, 0) is 9.47 Å². The van der Waals surface area contributed by atoms with E-state index < -0.39 is 0 Å². The summed E-state index contributed by atoms with van der Waals surface area (Å²) in [5.41, 5.74) is 0.316. The lowest BCUT2D eigenvalue weighted by atomic mass is 9.76. The van der Waals surface area contributed by atoms with Gasteiger partial charge >= 0.3 is 0 Å².